The topological polar surface area (TPSA) is 153 Å². The number of Topliss-reactive ketones (excluding diaryl/α,β-unsaturated/α-hetero) is 1. The van der Waals surface area contributed by atoms with Gasteiger partial charge in [-0.3, -0.25) is 30.9 Å². The van der Waals surface area contributed by atoms with E-state index in [1.54, 1.807) is 12.1 Å². The van der Waals surface area contributed by atoms with E-state index in [9.17, 15) is 25.0 Å². The summed E-state index contributed by atoms with van der Waals surface area (Å²) in [6, 6.07) is 27.7. The second kappa shape index (κ2) is 17.7. The number of carbonyl (C=O) groups excluding carboxylic acids is 1. The summed E-state index contributed by atoms with van der Waals surface area (Å²) in [5.74, 6) is 5.72. The quantitative estimate of drug-likeness (QED) is 0.0820. The molecular weight excluding hydrogens is 683 g/mol. The number of hydrogen-bond donors (Lipinski definition) is 3. The number of anilines is 2. The second-order valence-corrected chi connectivity index (χ2v) is 15.1. The van der Waals surface area contributed by atoms with Crippen LogP contribution in [-0.2, 0) is 28.0 Å². The van der Waals surface area contributed by atoms with E-state index in [1.807, 2.05) is 30.3 Å². The van der Waals surface area contributed by atoms with E-state index >= 15 is 0 Å². The number of carbonyl (C=O) groups is 1. The molecule has 0 amide bonds. The van der Waals surface area contributed by atoms with Crippen LogP contribution < -0.4 is 16.6 Å². The molecule has 2 aliphatic carbocycles. The maximum atomic E-state index is 11.3. The van der Waals surface area contributed by atoms with E-state index in [0.29, 0.717) is 17.4 Å². The number of nitro groups is 2. The SMILES string of the molecule is C.NNc1ccc([N+](=O)[O-])cc1.O=C1CCCc2ccccc21.O=[N+]([O-])c1ccc2c(c1)C1CCc3ccccc3C1N2.[2HH].[Cl][Zn][Cl]. The van der Waals surface area contributed by atoms with Gasteiger partial charge in [-0.25, -0.2) is 0 Å². The third-order valence-electron chi connectivity index (χ3n) is 7.89. The Hall–Kier alpha value is -3.89. The average Bonchev–Trinajstić information content (AvgIpc) is 3.45. The van der Waals surface area contributed by atoms with Gasteiger partial charge in [0.05, 0.1) is 15.9 Å². The van der Waals surface area contributed by atoms with E-state index < -0.39 is 20.1 Å². The zero-order chi connectivity index (χ0) is 32.3. The summed E-state index contributed by atoms with van der Waals surface area (Å²) in [6.07, 6.45) is 4.92. The van der Waals surface area contributed by atoms with E-state index in [4.69, 9.17) is 25.2 Å². The molecule has 0 bridgehead atoms. The molecule has 0 saturated carbocycles. The summed E-state index contributed by atoms with van der Waals surface area (Å²) >= 11 is -0.931. The normalized spacial score (nSPS) is 16.0. The van der Waals surface area contributed by atoms with Crippen LogP contribution in [0.3, 0.4) is 0 Å². The predicted molar refractivity (Wildman–Crippen MR) is 182 cm³/mol. The summed E-state index contributed by atoms with van der Waals surface area (Å²) in [5.41, 5.74) is 10.3. The molecule has 0 aromatic heterocycles. The van der Waals surface area contributed by atoms with Crippen LogP contribution in [0, 0.1) is 20.2 Å². The van der Waals surface area contributed by atoms with Crippen LogP contribution >= 0.6 is 19.4 Å². The molecule has 0 spiro atoms. The summed E-state index contributed by atoms with van der Waals surface area (Å²) in [4.78, 5) is 31.6. The van der Waals surface area contributed by atoms with E-state index in [-0.39, 0.29) is 31.2 Å². The zero-order valence-corrected chi connectivity index (χ0v) is 28.8. The fourth-order valence-electron chi connectivity index (χ4n) is 5.81. The van der Waals surface area contributed by atoms with Crippen molar-refractivity contribution in [2.24, 2.45) is 5.84 Å². The van der Waals surface area contributed by atoms with Crippen molar-refractivity contribution in [1.82, 2.24) is 0 Å². The first-order chi connectivity index (χ1) is 21.8. The van der Waals surface area contributed by atoms with Gasteiger partial charge in [-0.2, -0.15) is 0 Å². The number of nitrogen functional groups attached to an aromatic ring is 1. The summed E-state index contributed by atoms with van der Waals surface area (Å²) < 4.78 is 0. The third-order valence-corrected chi connectivity index (χ3v) is 7.89. The molecule has 2 atom stereocenters. The third kappa shape index (κ3) is 9.10. The first kappa shape index (κ1) is 36.6. The monoisotopic (exact) mass is 718 g/mol. The van der Waals surface area contributed by atoms with Crippen molar-refractivity contribution in [3.05, 3.63) is 139 Å². The number of ketones is 1. The van der Waals surface area contributed by atoms with Crippen LogP contribution in [0.5, 0.6) is 0 Å². The standard InChI is InChI=1S/C16H14N2O2.C10H10O.C6H7N3O2.CH4.2ClH.Zn.H2/c19-18(20)11-6-8-15-14(9-11)13-7-5-10-3-1-2-4-12(10)16(13)17-15;11-10-7-3-5-8-4-1-2-6-9(8)10;7-8-5-1-3-6(4-2-5)9(10)11;;;;;/h1-4,6,8-9,13,16-17H,5,7H2;1-2,4,6H,3,5,7H2;1-4,8H,7H2;1H4;2*1H;;1H/q;;;;;;+2;/p-2/i;;;;;;;1+1. The summed E-state index contributed by atoms with van der Waals surface area (Å²) in [6.45, 7) is 0. The molecule has 240 valence electrons. The number of aryl methyl sites for hydroxylation is 2. The Morgan fingerprint density at radius 2 is 1.43 bits per heavy atom. The molecule has 0 fully saturated rings. The minimum absolute atomic E-state index is 0. The van der Waals surface area contributed by atoms with Crippen LogP contribution in [0.15, 0.2) is 91.0 Å². The molecule has 0 saturated heterocycles. The van der Waals surface area contributed by atoms with Crippen molar-refractivity contribution in [3.63, 3.8) is 0 Å². The Kier molecular flexibility index (Phi) is 14.1. The van der Waals surface area contributed by atoms with Gasteiger partial charge in [0.2, 0.25) is 0 Å². The Morgan fingerprint density at radius 1 is 0.826 bits per heavy atom. The van der Waals surface area contributed by atoms with Crippen molar-refractivity contribution >= 4 is 47.9 Å². The summed E-state index contributed by atoms with van der Waals surface area (Å²) in [7, 11) is 9.90. The van der Waals surface area contributed by atoms with Crippen molar-refractivity contribution < 1.29 is 31.2 Å². The van der Waals surface area contributed by atoms with Crippen molar-refractivity contribution in [3.8, 4) is 0 Å². The van der Waals surface area contributed by atoms with Crippen LogP contribution in [0.1, 0.15) is 72.7 Å². The van der Waals surface area contributed by atoms with Gasteiger partial charge in [0.1, 0.15) is 0 Å². The number of nitrogens with zero attached hydrogens (tertiary/aromatic N) is 2. The van der Waals surface area contributed by atoms with Gasteiger partial charge in [0.25, 0.3) is 11.4 Å². The van der Waals surface area contributed by atoms with Gasteiger partial charge in [-0.05, 0) is 66.1 Å². The number of rotatable bonds is 3. The van der Waals surface area contributed by atoms with E-state index in [0.717, 1.165) is 48.9 Å². The Morgan fingerprint density at radius 3 is 2.07 bits per heavy atom. The summed E-state index contributed by atoms with van der Waals surface area (Å²) in [5, 5.41) is 24.6. The number of hydrazine groups is 1. The number of non-ortho nitro benzene ring substituents is 2. The number of halogens is 2. The molecule has 7 rings (SSSR count). The molecule has 13 heteroatoms. The van der Waals surface area contributed by atoms with Crippen molar-refractivity contribution in [2.75, 3.05) is 10.7 Å². The first-order valence-electron chi connectivity index (χ1n) is 14.3. The zero-order valence-electron chi connectivity index (χ0n) is 24.3. The molecule has 3 aliphatic rings. The predicted octanol–water partition coefficient (Wildman–Crippen LogP) is 9.14. The fourth-order valence-corrected chi connectivity index (χ4v) is 5.81. The van der Waals surface area contributed by atoms with Gasteiger partial charge < -0.3 is 10.7 Å². The van der Waals surface area contributed by atoms with Crippen LogP contribution in [0.2, 0.25) is 0 Å². The van der Waals surface area contributed by atoms with Gasteiger partial charge in [-0.15, -0.1) is 0 Å². The Bertz CT molecular complexity index is 1660. The molecule has 10 nitrogen and oxygen atoms in total. The number of benzene rings is 4. The fraction of sp³-hybridized carbons (Fsp3) is 0.242. The molecule has 4 aromatic carbocycles. The molecular formula is C33H37Cl2N5O5Zn. The molecule has 1 heterocycles. The Labute approximate surface area is 285 Å². The number of hydrogen-bond acceptors (Lipinski definition) is 8. The van der Waals surface area contributed by atoms with Crippen molar-refractivity contribution in [2.45, 2.75) is 51.5 Å². The molecule has 2 unspecified atom stereocenters. The number of nitrogens with one attached hydrogen (secondary N) is 2. The van der Waals surface area contributed by atoms with Gasteiger partial charge in [0, 0.05) is 55.0 Å². The minimum atomic E-state index is -0.931. The molecule has 1 aliphatic heterocycles. The molecule has 46 heavy (non-hydrogen) atoms. The van der Waals surface area contributed by atoms with Crippen LogP contribution in [-0.4, -0.2) is 15.6 Å². The first-order valence-corrected chi connectivity index (χ1v) is 22.1. The Balaban J connectivity index is 0.000000246. The van der Waals surface area contributed by atoms with Gasteiger partial charge >= 0.3 is 34.5 Å². The van der Waals surface area contributed by atoms with Crippen LogP contribution in [0.4, 0.5) is 22.7 Å². The van der Waals surface area contributed by atoms with Crippen LogP contribution in [0.25, 0.3) is 0 Å². The second-order valence-electron chi connectivity index (χ2n) is 10.5. The molecule has 4 aromatic rings. The number of fused-ring (bicyclic) bond motifs is 6. The van der Waals surface area contributed by atoms with Gasteiger partial charge in [-0.1, -0.05) is 56.0 Å². The maximum absolute atomic E-state index is 11.3. The van der Waals surface area contributed by atoms with Crippen molar-refractivity contribution in [1.29, 1.82) is 0 Å². The average molecular weight is 721 g/mol. The van der Waals surface area contributed by atoms with E-state index in [2.05, 4.69) is 35.0 Å². The molecule has 0 radical (unpaired) electrons. The number of nitrogens with two attached hydrogens (primary N) is 1. The van der Waals surface area contributed by atoms with E-state index in [1.165, 1.54) is 41.0 Å². The number of nitro benzene ring substituents is 2. The van der Waals surface area contributed by atoms with Gasteiger partial charge in [0.15, 0.2) is 5.78 Å². The molecule has 4 N–H and O–H groups in total.